The Morgan fingerprint density at radius 1 is 1.64 bits per heavy atom. The Bertz CT molecular complexity index is 396. The molecule has 1 rings (SSSR count). The van der Waals surface area contributed by atoms with Crippen LogP contribution in [0.5, 0.6) is 0 Å². The first-order valence-electron chi connectivity index (χ1n) is 3.94. The smallest absolute Gasteiger partial charge is 0.249 e. The molecule has 1 aromatic rings. The van der Waals surface area contributed by atoms with Crippen LogP contribution in [0, 0.1) is 23.6 Å². The maximum atomic E-state index is 12.7. The van der Waals surface area contributed by atoms with Gasteiger partial charge in [-0.3, -0.25) is 4.79 Å². The molecule has 0 atom stereocenters. The van der Waals surface area contributed by atoms with Gasteiger partial charge in [-0.1, -0.05) is 6.07 Å². The summed E-state index contributed by atoms with van der Waals surface area (Å²) < 4.78 is 12.7. The highest BCUT2D eigenvalue weighted by Gasteiger charge is 2.08. The van der Waals surface area contributed by atoms with E-state index in [9.17, 15) is 9.18 Å². The van der Waals surface area contributed by atoms with E-state index in [1.807, 2.05) is 6.07 Å². The van der Waals surface area contributed by atoms with Crippen molar-refractivity contribution in [2.75, 3.05) is 0 Å². The highest BCUT2D eigenvalue weighted by atomic mass is 19.1. The highest BCUT2D eigenvalue weighted by Crippen LogP contribution is 2.12. The van der Waals surface area contributed by atoms with Crippen molar-refractivity contribution >= 4 is 5.91 Å². The Morgan fingerprint density at radius 2 is 2.36 bits per heavy atom. The number of hydrogen-bond donors (Lipinski definition) is 1. The molecule has 1 amide bonds. The zero-order chi connectivity index (χ0) is 10.6. The summed E-state index contributed by atoms with van der Waals surface area (Å²) in [6.45, 7) is 0. The molecule has 0 aliphatic heterocycles. The Kier molecular flexibility index (Phi) is 3.19. The maximum absolute atomic E-state index is 12.7. The van der Waals surface area contributed by atoms with Crippen molar-refractivity contribution in [2.24, 2.45) is 5.73 Å². The molecule has 1 aromatic carbocycles. The van der Waals surface area contributed by atoms with E-state index in [0.717, 1.165) is 6.07 Å². The lowest BCUT2D eigenvalue weighted by Gasteiger charge is -2.03. The third-order valence-corrected chi connectivity index (χ3v) is 1.75. The number of primary amides is 1. The van der Waals surface area contributed by atoms with Crippen LogP contribution in [0.2, 0.25) is 0 Å². The van der Waals surface area contributed by atoms with Gasteiger partial charge in [0, 0.05) is 5.56 Å². The van der Waals surface area contributed by atoms with Crippen molar-refractivity contribution in [1.29, 1.82) is 5.26 Å². The molecule has 14 heavy (non-hydrogen) atoms. The molecule has 1 radical (unpaired) electrons. The fourth-order valence-corrected chi connectivity index (χ4v) is 1.11. The molecule has 0 bridgehead atoms. The zero-order valence-electron chi connectivity index (χ0n) is 7.33. The molecule has 0 heterocycles. The van der Waals surface area contributed by atoms with Gasteiger partial charge in [0.05, 0.1) is 12.5 Å². The van der Waals surface area contributed by atoms with Gasteiger partial charge in [0.1, 0.15) is 5.82 Å². The molecule has 2 N–H and O–H groups in total. The fourth-order valence-electron chi connectivity index (χ4n) is 1.11. The van der Waals surface area contributed by atoms with E-state index in [1.54, 1.807) is 0 Å². The maximum Gasteiger partial charge on any atom is 0.249 e. The van der Waals surface area contributed by atoms with Crippen molar-refractivity contribution in [3.63, 3.8) is 0 Å². The van der Waals surface area contributed by atoms with Gasteiger partial charge in [-0.05, 0) is 24.1 Å². The van der Waals surface area contributed by atoms with Gasteiger partial charge in [0.15, 0.2) is 0 Å². The summed E-state index contributed by atoms with van der Waals surface area (Å²) >= 11 is 0. The molecule has 3 nitrogen and oxygen atoms in total. The number of benzene rings is 1. The summed E-state index contributed by atoms with van der Waals surface area (Å²) in [4.78, 5) is 10.9. The Labute approximate surface area is 81.0 Å². The summed E-state index contributed by atoms with van der Waals surface area (Å²) in [7, 11) is 0. The number of amides is 1. The van der Waals surface area contributed by atoms with Gasteiger partial charge in [0.2, 0.25) is 5.91 Å². The number of rotatable bonds is 3. The first-order chi connectivity index (χ1) is 6.65. The van der Waals surface area contributed by atoms with Crippen LogP contribution < -0.4 is 5.73 Å². The minimum Gasteiger partial charge on any atom is -0.366 e. The fraction of sp³-hybridized carbons (Fsp3) is 0.100. The van der Waals surface area contributed by atoms with Gasteiger partial charge in [0.25, 0.3) is 0 Å². The molecule has 0 fully saturated rings. The standard InChI is InChI=1S/C10H8FN2O/c11-8-4-3-7(2-1-5-12)9(6-8)10(13)14/h1,3-4,6H,2H2,(H2,13,14). The summed E-state index contributed by atoms with van der Waals surface area (Å²) in [5.74, 6) is -1.20. The SMILES string of the molecule is N#C[CH]Cc1ccc(F)cc1C(N)=O. The first-order valence-corrected chi connectivity index (χ1v) is 3.94. The van der Waals surface area contributed by atoms with Crippen LogP contribution in [0.3, 0.4) is 0 Å². The molecular formula is C10H8FN2O. The number of halogens is 1. The summed E-state index contributed by atoms with van der Waals surface area (Å²) in [5, 5.41) is 8.32. The van der Waals surface area contributed by atoms with Crippen LogP contribution in [-0.2, 0) is 6.42 Å². The molecule has 0 unspecified atom stereocenters. The highest BCUT2D eigenvalue weighted by molar-refractivity contribution is 5.94. The van der Waals surface area contributed by atoms with E-state index in [0.29, 0.717) is 5.56 Å². The molecule has 0 aliphatic rings. The van der Waals surface area contributed by atoms with Gasteiger partial charge >= 0.3 is 0 Å². The van der Waals surface area contributed by atoms with E-state index in [1.165, 1.54) is 18.6 Å². The lowest BCUT2D eigenvalue weighted by atomic mass is 10.0. The van der Waals surface area contributed by atoms with E-state index in [2.05, 4.69) is 0 Å². The molecular weight excluding hydrogens is 183 g/mol. The average molecular weight is 191 g/mol. The molecule has 0 spiro atoms. The minimum absolute atomic E-state index is 0.122. The van der Waals surface area contributed by atoms with Crippen LogP contribution in [-0.4, -0.2) is 5.91 Å². The van der Waals surface area contributed by atoms with E-state index in [4.69, 9.17) is 11.0 Å². The summed E-state index contributed by atoms with van der Waals surface area (Å²) in [6, 6.07) is 5.58. The number of carbonyl (C=O) groups excluding carboxylic acids is 1. The number of nitriles is 1. The minimum atomic E-state index is -0.689. The van der Waals surface area contributed by atoms with Crippen LogP contribution in [0.1, 0.15) is 15.9 Å². The quantitative estimate of drug-likeness (QED) is 0.779. The molecule has 0 saturated carbocycles. The Balaban J connectivity index is 3.03. The first kappa shape index (κ1) is 10.2. The van der Waals surface area contributed by atoms with Crippen LogP contribution >= 0.6 is 0 Å². The molecule has 0 saturated heterocycles. The zero-order valence-corrected chi connectivity index (χ0v) is 7.33. The predicted molar refractivity (Wildman–Crippen MR) is 48.5 cm³/mol. The van der Waals surface area contributed by atoms with Gasteiger partial charge < -0.3 is 5.73 Å². The monoisotopic (exact) mass is 191 g/mol. The Morgan fingerprint density at radius 3 is 2.93 bits per heavy atom. The van der Waals surface area contributed by atoms with Gasteiger partial charge in [-0.25, -0.2) is 4.39 Å². The number of carbonyl (C=O) groups is 1. The van der Waals surface area contributed by atoms with Crippen LogP contribution in [0.25, 0.3) is 0 Å². The summed E-state index contributed by atoms with van der Waals surface area (Å²) in [6.07, 6.45) is 1.61. The van der Waals surface area contributed by atoms with E-state index >= 15 is 0 Å². The van der Waals surface area contributed by atoms with Crippen molar-refractivity contribution in [3.05, 3.63) is 41.6 Å². The van der Waals surface area contributed by atoms with Gasteiger partial charge in [-0.2, -0.15) is 5.26 Å². The second-order valence-electron chi connectivity index (χ2n) is 2.70. The second-order valence-corrected chi connectivity index (χ2v) is 2.70. The normalized spacial score (nSPS) is 9.43. The summed E-state index contributed by atoms with van der Waals surface area (Å²) in [5.41, 5.74) is 5.73. The lowest BCUT2D eigenvalue weighted by molar-refractivity contribution is 0.0999. The predicted octanol–water partition coefficient (Wildman–Crippen LogP) is 1.19. The molecule has 0 aromatic heterocycles. The number of nitrogens with two attached hydrogens (primary N) is 1. The van der Waals surface area contributed by atoms with E-state index in [-0.39, 0.29) is 12.0 Å². The Hall–Kier alpha value is -1.89. The number of nitrogens with zero attached hydrogens (tertiary/aromatic N) is 1. The molecule has 0 aliphatic carbocycles. The molecule has 4 heteroatoms. The third kappa shape index (κ3) is 2.30. The largest absolute Gasteiger partial charge is 0.366 e. The topological polar surface area (TPSA) is 66.9 Å². The van der Waals surface area contributed by atoms with Crippen molar-refractivity contribution in [3.8, 4) is 6.07 Å². The van der Waals surface area contributed by atoms with Crippen molar-refractivity contribution in [1.82, 2.24) is 0 Å². The van der Waals surface area contributed by atoms with Gasteiger partial charge in [-0.15, -0.1) is 0 Å². The van der Waals surface area contributed by atoms with Crippen LogP contribution in [0.4, 0.5) is 4.39 Å². The van der Waals surface area contributed by atoms with E-state index < -0.39 is 11.7 Å². The third-order valence-electron chi connectivity index (χ3n) is 1.75. The van der Waals surface area contributed by atoms with Crippen molar-refractivity contribution < 1.29 is 9.18 Å². The molecule has 71 valence electrons. The second kappa shape index (κ2) is 4.38. The lowest BCUT2D eigenvalue weighted by Crippen LogP contribution is -2.14. The average Bonchev–Trinajstić information content (AvgIpc) is 2.15. The van der Waals surface area contributed by atoms with Crippen LogP contribution in [0.15, 0.2) is 18.2 Å². The number of hydrogen-bond acceptors (Lipinski definition) is 2. The van der Waals surface area contributed by atoms with Crippen molar-refractivity contribution in [2.45, 2.75) is 6.42 Å².